The maximum atomic E-state index is 6.12. The van der Waals surface area contributed by atoms with Gasteiger partial charge in [0.1, 0.15) is 17.5 Å². The minimum atomic E-state index is 0.465. The smallest absolute Gasteiger partial charge is 0.139 e. The molecule has 0 saturated heterocycles. The first-order valence-corrected chi connectivity index (χ1v) is 6.62. The quantitative estimate of drug-likeness (QED) is 0.899. The summed E-state index contributed by atoms with van der Waals surface area (Å²) in [5.74, 6) is 1.80. The van der Waals surface area contributed by atoms with E-state index in [4.69, 9.17) is 28.9 Å². The van der Waals surface area contributed by atoms with Crippen LogP contribution in [-0.2, 0) is 6.42 Å². The second kappa shape index (κ2) is 5.63. The minimum Gasteiger partial charge on any atom is -0.383 e. The molecule has 0 spiro atoms. The highest BCUT2D eigenvalue weighted by Crippen LogP contribution is 2.29. The largest absolute Gasteiger partial charge is 0.383 e. The number of benzene rings is 1. The van der Waals surface area contributed by atoms with Gasteiger partial charge in [-0.15, -0.1) is 0 Å². The second-order valence-electron chi connectivity index (χ2n) is 4.10. The van der Waals surface area contributed by atoms with E-state index >= 15 is 0 Å². The number of hydrogen-bond acceptors (Lipinski definition) is 4. The summed E-state index contributed by atoms with van der Waals surface area (Å²) in [7, 11) is 0. The summed E-state index contributed by atoms with van der Waals surface area (Å²) < 4.78 is 0. The summed E-state index contributed by atoms with van der Waals surface area (Å²) in [5, 5.41) is 4.32. The van der Waals surface area contributed by atoms with Crippen LogP contribution in [0, 0.1) is 6.92 Å². The number of rotatable bonds is 3. The van der Waals surface area contributed by atoms with Crippen molar-refractivity contribution in [1.29, 1.82) is 0 Å². The first-order chi connectivity index (χ1) is 9.01. The molecule has 2 aromatic rings. The summed E-state index contributed by atoms with van der Waals surface area (Å²) in [4.78, 5) is 8.61. The van der Waals surface area contributed by atoms with E-state index in [0.717, 1.165) is 5.56 Å². The van der Waals surface area contributed by atoms with E-state index < -0.39 is 0 Å². The van der Waals surface area contributed by atoms with Crippen LogP contribution < -0.4 is 11.1 Å². The average Bonchev–Trinajstić information content (AvgIpc) is 2.38. The number of nitrogen functional groups attached to an aromatic ring is 1. The number of aromatic nitrogens is 2. The predicted octanol–water partition coefficient (Wildman–Crippen LogP) is 3.98. The maximum absolute atomic E-state index is 6.12. The summed E-state index contributed by atoms with van der Waals surface area (Å²) in [6, 6.07) is 5.20. The highest BCUT2D eigenvalue weighted by molar-refractivity contribution is 6.35. The molecule has 1 aromatic carbocycles. The number of aryl methyl sites for hydroxylation is 1. The van der Waals surface area contributed by atoms with Crippen LogP contribution in [0.15, 0.2) is 18.2 Å². The van der Waals surface area contributed by atoms with Crippen molar-refractivity contribution in [1.82, 2.24) is 9.97 Å². The molecule has 100 valence electrons. The van der Waals surface area contributed by atoms with Gasteiger partial charge >= 0.3 is 0 Å². The predicted molar refractivity (Wildman–Crippen MR) is 80.3 cm³/mol. The van der Waals surface area contributed by atoms with Gasteiger partial charge in [-0.05, 0) is 25.1 Å². The van der Waals surface area contributed by atoms with Crippen LogP contribution in [0.4, 0.5) is 17.3 Å². The van der Waals surface area contributed by atoms with E-state index in [-0.39, 0.29) is 0 Å². The summed E-state index contributed by atoms with van der Waals surface area (Å²) in [6.07, 6.45) is 0.711. The fraction of sp³-hybridized carbons (Fsp3) is 0.231. The summed E-state index contributed by atoms with van der Waals surface area (Å²) >= 11 is 12.1. The van der Waals surface area contributed by atoms with Crippen molar-refractivity contribution >= 4 is 40.5 Å². The van der Waals surface area contributed by atoms with E-state index in [1.807, 2.05) is 13.8 Å². The zero-order valence-corrected chi connectivity index (χ0v) is 12.2. The van der Waals surface area contributed by atoms with Crippen molar-refractivity contribution in [2.75, 3.05) is 11.1 Å². The molecule has 2 rings (SSSR count). The van der Waals surface area contributed by atoms with E-state index in [9.17, 15) is 0 Å². The highest BCUT2D eigenvalue weighted by atomic mass is 35.5. The summed E-state index contributed by atoms with van der Waals surface area (Å²) in [6.45, 7) is 3.83. The van der Waals surface area contributed by atoms with Crippen molar-refractivity contribution in [2.24, 2.45) is 0 Å². The molecule has 19 heavy (non-hydrogen) atoms. The van der Waals surface area contributed by atoms with Gasteiger partial charge in [-0.2, -0.15) is 0 Å². The van der Waals surface area contributed by atoms with Gasteiger partial charge in [-0.25, -0.2) is 9.97 Å². The number of hydrogen-bond donors (Lipinski definition) is 2. The first kappa shape index (κ1) is 13.9. The van der Waals surface area contributed by atoms with Gasteiger partial charge in [-0.3, -0.25) is 0 Å². The van der Waals surface area contributed by atoms with Gasteiger partial charge in [0.2, 0.25) is 0 Å². The van der Waals surface area contributed by atoms with E-state index in [1.54, 1.807) is 18.2 Å². The van der Waals surface area contributed by atoms with Gasteiger partial charge in [-0.1, -0.05) is 30.1 Å². The Bertz CT molecular complexity index is 614. The highest BCUT2D eigenvalue weighted by Gasteiger charge is 2.10. The lowest BCUT2D eigenvalue weighted by molar-refractivity contribution is 0.940. The lowest BCUT2D eigenvalue weighted by atomic mass is 10.2. The molecule has 0 atom stereocenters. The molecule has 0 bridgehead atoms. The van der Waals surface area contributed by atoms with Crippen molar-refractivity contribution in [3.8, 4) is 0 Å². The van der Waals surface area contributed by atoms with Crippen LogP contribution in [0.25, 0.3) is 0 Å². The molecule has 4 nitrogen and oxygen atoms in total. The van der Waals surface area contributed by atoms with Gasteiger partial charge in [0.05, 0.1) is 10.7 Å². The Morgan fingerprint density at radius 3 is 2.68 bits per heavy atom. The fourth-order valence-electron chi connectivity index (χ4n) is 1.58. The van der Waals surface area contributed by atoms with Gasteiger partial charge in [0.15, 0.2) is 0 Å². The molecule has 0 radical (unpaired) electrons. The Balaban J connectivity index is 2.42. The van der Waals surface area contributed by atoms with Crippen LogP contribution in [-0.4, -0.2) is 9.97 Å². The maximum Gasteiger partial charge on any atom is 0.139 e. The molecule has 0 saturated carbocycles. The van der Waals surface area contributed by atoms with Crippen molar-refractivity contribution < 1.29 is 0 Å². The Morgan fingerprint density at radius 1 is 1.26 bits per heavy atom. The van der Waals surface area contributed by atoms with Gasteiger partial charge in [0, 0.05) is 17.0 Å². The monoisotopic (exact) mass is 296 g/mol. The molecule has 3 N–H and O–H groups in total. The van der Waals surface area contributed by atoms with Crippen LogP contribution in [0.5, 0.6) is 0 Å². The van der Waals surface area contributed by atoms with Crippen molar-refractivity contribution in [3.63, 3.8) is 0 Å². The molecule has 0 amide bonds. The lowest BCUT2D eigenvalue weighted by Crippen LogP contribution is -2.06. The molecule has 1 heterocycles. The third-order valence-corrected chi connectivity index (χ3v) is 3.29. The Morgan fingerprint density at radius 2 is 2.00 bits per heavy atom. The molecule has 1 aromatic heterocycles. The van der Waals surface area contributed by atoms with E-state index in [2.05, 4.69) is 15.3 Å². The van der Waals surface area contributed by atoms with E-state index in [1.165, 1.54) is 0 Å². The first-order valence-electron chi connectivity index (χ1n) is 5.86. The molecule has 0 aliphatic carbocycles. The molecular weight excluding hydrogens is 283 g/mol. The standard InChI is InChI=1S/C13H14Cl2N4/c1-3-11-18-12(16)7(2)13(19-11)17-10-6-8(14)4-5-9(10)15/h4-6H,3H2,1-2H3,(H3,16,17,18,19). The molecule has 0 aliphatic heterocycles. The topological polar surface area (TPSA) is 63.8 Å². The van der Waals surface area contributed by atoms with Crippen molar-refractivity contribution in [3.05, 3.63) is 39.6 Å². The minimum absolute atomic E-state index is 0.465. The molecular formula is C13H14Cl2N4. The normalized spacial score (nSPS) is 10.5. The number of halogens is 2. The SMILES string of the molecule is CCc1nc(N)c(C)c(Nc2cc(Cl)ccc2Cl)n1. The van der Waals surface area contributed by atoms with Crippen LogP contribution in [0.3, 0.4) is 0 Å². The average molecular weight is 297 g/mol. The Kier molecular flexibility index (Phi) is 4.12. The third-order valence-electron chi connectivity index (χ3n) is 2.73. The number of anilines is 3. The zero-order valence-electron chi connectivity index (χ0n) is 10.7. The number of nitrogens with two attached hydrogens (primary N) is 1. The van der Waals surface area contributed by atoms with Gasteiger partial charge < -0.3 is 11.1 Å². The van der Waals surface area contributed by atoms with Gasteiger partial charge in [0.25, 0.3) is 0 Å². The molecule has 0 fully saturated rings. The summed E-state index contributed by atoms with van der Waals surface area (Å²) in [5.41, 5.74) is 7.35. The zero-order chi connectivity index (χ0) is 14.0. The molecule has 0 aliphatic rings. The second-order valence-corrected chi connectivity index (χ2v) is 4.95. The fourth-order valence-corrected chi connectivity index (χ4v) is 1.92. The van der Waals surface area contributed by atoms with Crippen molar-refractivity contribution in [2.45, 2.75) is 20.3 Å². The van der Waals surface area contributed by atoms with Crippen LogP contribution in [0.1, 0.15) is 18.3 Å². The van der Waals surface area contributed by atoms with Crippen LogP contribution in [0.2, 0.25) is 10.0 Å². The molecule has 0 unspecified atom stereocenters. The Hall–Kier alpha value is -1.52. The molecule has 6 heteroatoms. The van der Waals surface area contributed by atoms with E-state index in [0.29, 0.717) is 39.6 Å². The Labute approximate surface area is 122 Å². The third kappa shape index (κ3) is 3.08. The number of nitrogens with zero attached hydrogens (tertiary/aromatic N) is 2. The lowest BCUT2D eigenvalue weighted by Gasteiger charge is -2.12. The number of nitrogens with one attached hydrogen (secondary N) is 1. The van der Waals surface area contributed by atoms with Crippen LogP contribution >= 0.6 is 23.2 Å².